The first-order chi connectivity index (χ1) is 9.21. The summed E-state index contributed by atoms with van der Waals surface area (Å²) in [6.07, 6.45) is 0. The normalized spacial score (nSPS) is 11.7. The van der Waals surface area contributed by atoms with Gasteiger partial charge in [-0.2, -0.15) is 0 Å². The van der Waals surface area contributed by atoms with Crippen molar-refractivity contribution in [1.82, 2.24) is 9.97 Å². The molecule has 2 rings (SSSR count). The Labute approximate surface area is 119 Å². The molecule has 0 saturated carbocycles. The second-order valence-corrected chi connectivity index (χ2v) is 6.07. The van der Waals surface area contributed by atoms with Gasteiger partial charge in [0.05, 0.1) is 5.69 Å². The minimum Gasteiger partial charge on any atom is -0.383 e. The fraction of sp³-hybridized carbons (Fsp3) is 0.375. The maximum absolute atomic E-state index is 13.8. The van der Waals surface area contributed by atoms with E-state index in [1.165, 1.54) is 6.07 Å². The lowest BCUT2D eigenvalue weighted by atomic mass is 9.94. The SMILES string of the molecule is Cc1c(F)cccc1-c1nc(C(C)(C)C)nc(N)c1C. The minimum absolute atomic E-state index is 0.211. The summed E-state index contributed by atoms with van der Waals surface area (Å²) in [6.45, 7) is 9.69. The van der Waals surface area contributed by atoms with Gasteiger partial charge in [0.1, 0.15) is 17.5 Å². The monoisotopic (exact) mass is 273 g/mol. The van der Waals surface area contributed by atoms with Crippen molar-refractivity contribution in [2.24, 2.45) is 0 Å². The first kappa shape index (κ1) is 14.4. The van der Waals surface area contributed by atoms with Gasteiger partial charge in [0, 0.05) is 16.5 Å². The summed E-state index contributed by atoms with van der Waals surface area (Å²) in [4.78, 5) is 8.97. The summed E-state index contributed by atoms with van der Waals surface area (Å²) in [5.74, 6) is 0.874. The Bertz CT molecular complexity index is 658. The number of hydrogen-bond acceptors (Lipinski definition) is 3. The molecule has 0 radical (unpaired) electrons. The molecule has 3 nitrogen and oxygen atoms in total. The Morgan fingerprint density at radius 3 is 2.30 bits per heavy atom. The molecule has 0 aliphatic heterocycles. The number of hydrogen-bond donors (Lipinski definition) is 1. The van der Waals surface area contributed by atoms with Gasteiger partial charge in [0.15, 0.2) is 0 Å². The van der Waals surface area contributed by atoms with Gasteiger partial charge in [-0.25, -0.2) is 14.4 Å². The second kappa shape index (κ2) is 4.85. The van der Waals surface area contributed by atoms with Crippen LogP contribution in [0.4, 0.5) is 10.2 Å². The third-order valence-corrected chi connectivity index (χ3v) is 3.38. The lowest BCUT2D eigenvalue weighted by Crippen LogP contribution is -2.18. The number of aromatic nitrogens is 2. The predicted molar refractivity (Wildman–Crippen MR) is 80.0 cm³/mol. The van der Waals surface area contributed by atoms with Crippen LogP contribution in [0.5, 0.6) is 0 Å². The molecule has 0 aliphatic rings. The molecule has 106 valence electrons. The van der Waals surface area contributed by atoms with E-state index >= 15 is 0 Å². The predicted octanol–water partition coefficient (Wildman–Crippen LogP) is 3.78. The highest BCUT2D eigenvalue weighted by atomic mass is 19.1. The molecule has 0 spiro atoms. The van der Waals surface area contributed by atoms with Crippen LogP contribution in [0.3, 0.4) is 0 Å². The summed E-state index contributed by atoms with van der Waals surface area (Å²) >= 11 is 0. The maximum atomic E-state index is 13.8. The first-order valence-electron chi connectivity index (χ1n) is 6.62. The molecule has 2 aromatic rings. The van der Waals surface area contributed by atoms with Crippen LogP contribution in [0.1, 0.15) is 37.7 Å². The Kier molecular flexibility index (Phi) is 3.50. The number of nitrogens with two attached hydrogens (primary N) is 1. The van der Waals surface area contributed by atoms with Crippen molar-refractivity contribution in [2.75, 3.05) is 5.73 Å². The summed E-state index contributed by atoms with van der Waals surface area (Å²) in [6, 6.07) is 5.00. The average Bonchev–Trinajstić information content (AvgIpc) is 2.35. The maximum Gasteiger partial charge on any atom is 0.136 e. The van der Waals surface area contributed by atoms with E-state index in [4.69, 9.17) is 5.73 Å². The van der Waals surface area contributed by atoms with E-state index in [1.807, 2.05) is 33.8 Å². The zero-order valence-electron chi connectivity index (χ0n) is 12.6. The van der Waals surface area contributed by atoms with Gasteiger partial charge < -0.3 is 5.73 Å². The molecule has 4 heteroatoms. The lowest BCUT2D eigenvalue weighted by molar-refractivity contribution is 0.546. The van der Waals surface area contributed by atoms with Crippen molar-refractivity contribution in [2.45, 2.75) is 40.0 Å². The zero-order valence-corrected chi connectivity index (χ0v) is 12.6. The van der Waals surface area contributed by atoms with Crippen LogP contribution in [0.25, 0.3) is 11.3 Å². The molecule has 0 amide bonds. The molecule has 0 unspecified atom stereocenters. The zero-order chi connectivity index (χ0) is 15.1. The number of halogens is 1. The number of anilines is 1. The Morgan fingerprint density at radius 2 is 1.70 bits per heavy atom. The average molecular weight is 273 g/mol. The standard InChI is InChI=1S/C16H20FN3/c1-9-11(7-6-8-12(9)17)13-10(2)14(18)20-15(19-13)16(3,4)5/h6-8H,1-5H3,(H2,18,19,20). The molecule has 0 aliphatic carbocycles. The van der Waals surface area contributed by atoms with Crippen molar-refractivity contribution in [3.63, 3.8) is 0 Å². The van der Waals surface area contributed by atoms with Gasteiger partial charge in [0.25, 0.3) is 0 Å². The van der Waals surface area contributed by atoms with E-state index < -0.39 is 0 Å². The Morgan fingerprint density at radius 1 is 1.05 bits per heavy atom. The van der Waals surface area contributed by atoms with E-state index in [1.54, 1.807) is 13.0 Å². The van der Waals surface area contributed by atoms with E-state index in [2.05, 4.69) is 9.97 Å². The summed E-state index contributed by atoms with van der Waals surface area (Å²) < 4.78 is 13.8. The third kappa shape index (κ3) is 2.50. The number of nitrogen functional groups attached to an aromatic ring is 1. The molecule has 0 saturated heterocycles. The highest BCUT2D eigenvalue weighted by Gasteiger charge is 2.21. The van der Waals surface area contributed by atoms with Crippen molar-refractivity contribution < 1.29 is 4.39 Å². The van der Waals surface area contributed by atoms with Crippen molar-refractivity contribution in [1.29, 1.82) is 0 Å². The fourth-order valence-electron chi connectivity index (χ4n) is 2.00. The van der Waals surface area contributed by atoms with Gasteiger partial charge in [-0.05, 0) is 25.5 Å². The van der Waals surface area contributed by atoms with Crippen LogP contribution in [0.15, 0.2) is 18.2 Å². The summed E-state index contributed by atoms with van der Waals surface area (Å²) in [5.41, 5.74) is 8.62. The molecule has 0 bridgehead atoms. The Hall–Kier alpha value is -1.97. The quantitative estimate of drug-likeness (QED) is 0.860. The minimum atomic E-state index is -0.239. The van der Waals surface area contributed by atoms with E-state index in [-0.39, 0.29) is 11.2 Å². The van der Waals surface area contributed by atoms with Crippen LogP contribution < -0.4 is 5.73 Å². The highest BCUT2D eigenvalue weighted by Crippen LogP contribution is 2.30. The summed E-state index contributed by atoms with van der Waals surface area (Å²) in [7, 11) is 0. The van der Waals surface area contributed by atoms with Crippen LogP contribution in [-0.4, -0.2) is 9.97 Å². The number of benzene rings is 1. The highest BCUT2D eigenvalue weighted by molar-refractivity contribution is 5.70. The second-order valence-electron chi connectivity index (χ2n) is 6.07. The number of nitrogens with zero attached hydrogens (tertiary/aromatic N) is 2. The van der Waals surface area contributed by atoms with Gasteiger partial charge in [-0.15, -0.1) is 0 Å². The van der Waals surface area contributed by atoms with E-state index in [0.29, 0.717) is 22.9 Å². The largest absolute Gasteiger partial charge is 0.383 e. The van der Waals surface area contributed by atoms with Crippen molar-refractivity contribution in [3.8, 4) is 11.3 Å². The fourth-order valence-corrected chi connectivity index (χ4v) is 2.00. The summed E-state index contributed by atoms with van der Waals surface area (Å²) in [5, 5.41) is 0. The third-order valence-electron chi connectivity index (χ3n) is 3.38. The molecular weight excluding hydrogens is 253 g/mol. The van der Waals surface area contributed by atoms with Gasteiger partial charge in [0.2, 0.25) is 0 Å². The van der Waals surface area contributed by atoms with Gasteiger partial charge >= 0.3 is 0 Å². The molecule has 0 fully saturated rings. The molecule has 0 atom stereocenters. The first-order valence-corrected chi connectivity index (χ1v) is 6.62. The smallest absolute Gasteiger partial charge is 0.136 e. The van der Waals surface area contributed by atoms with Crippen LogP contribution in [0.2, 0.25) is 0 Å². The topological polar surface area (TPSA) is 51.8 Å². The Balaban J connectivity index is 2.74. The van der Waals surface area contributed by atoms with E-state index in [9.17, 15) is 4.39 Å². The molecular formula is C16H20FN3. The van der Waals surface area contributed by atoms with Crippen LogP contribution in [0, 0.1) is 19.7 Å². The number of rotatable bonds is 1. The van der Waals surface area contributed by atoms with Crippen molar-refractivity contribution in [3.05, 3.63) is 41.0 Å². The lowest BCUT2D eigenvalue weighted by Gasteiger charge is -2.20. The molecule has 1 heterocycles. The van der Waals surface area contributed by atoms with Crippen LogP contribution >= 0.6 is 0 Å². The van der Waals surface area contributed by atoms with E-state index in [0.717, 1.165) is 11.1 Å². The molecule has 20 heavy (non-hydrogen) atoms. The van der Waals surface area contributed by atoms with Crippen molar-refractivity contribution >= 4 is 5.82 Å². The van der Waals surface area contributed by atoms with Gasteiger partial charge in [-0.1, -0.05) is 32.9 Å². The molecule has 1 aromatic carbocycles. The molecule has 2 N–H and O–H groups in total. The van der Waals surface area contributed by atoms with Crippen LogP contribution in [-0.2, 0) is 5.41 Å². The van der Waals surface area contributed by atoms with Gasteiger partial charge in [-0.3, -0.25) is 0 Å². The molecule has 1 aromatic heterocycles.